The highest BCUT2D eigenvalue weighted by atomic mass is 35.5. The summed E-state index contributed by atoms with van der Waals surface area (Å²) in [6.07, 6.45) is 1.49. The molecule has 1 aliphatic rings. The lowest BCUT2D eigenvalue weighted by Gasteiger charge is -2.13. The molecule has 1 aliphatic heterocycles. The molecule has 0 unspecified atom stereocenters. The minimum atomic E-state index is -0.644. The molecule has 1 fully saturated rings. The minimum absolute atomic E-state index is 0.104. The Balaban J connectivity index is 1.48. The van der Waals surface area contributed by atoms with Crippen LogP contribution in [0.3, 0.4) is 0 Å². The molecular weight excluding hydrogens is 550 g/mol. The van der Waals surface area contributed by atoms with Gasteiger partial charge < -0.3 is 10.1 Å². The number of hydrogen-bond acceptors (Lipinski definition) is 5. The molecule has 0 atom stereocenters. The number of carbonyl (C=O) groups is 3. The predicted molar refractivity (Wildman–Crippen MR) is 140 cm³/mol. The quantitative estimate of drug-likeness (QED) is 0.311. The van der Waals surface area contributed by atoms with E-state index in [0.717, 1.165) is 16.5 Å². The van der Waals surface area contributed by atoms with Crippen molar-refractivity contribution in [3.05, 3.63) is 97.6 Å². The van der Waals surface area contributed by atoms with Gasteiger partial charge in [-0.05, 0) is 71.9 Å². The summed E-state index contributed by atoms with van der Waals surface area (Å²) >= 11 is 18.6. The van der Waals surface area contributed by atoms with E-state index in [0.29, 0.717) is 33.1 Å². The average Bonchev–Trinajstić information content (AvgIpc) is 3.08. The molecule has 0 aliphatic carbocycles. The van der Waals surface area contributed by atoms with Crippen molar-refractivity contribution in [3.8, 4) is 5.75 Å². The number of carbonyl (C=O) groups excluding carboxylic acids is 3. The SMILES string of the molecule is O=C(CN1C(=O)S/C(=C/c2cc(Cl)ccc2OCc2cccc(Cl)c2)C1=O)Nc1ccc(F)c(Cl)c1. The Morgan fingerprint density at radius 3 is 2.56 bits per heavy atom. The van der Waals surface area contributed by atoms with Gasteiger partial charge in [-0.25, -0.2) is 4.39 Å². The zero-order chi connectivity index (χ0) is 25.8. The Morgan fingerprint density at radius 2 is 1.81 bits per heavy atom. The van der Waals surface area contributed by atoms with E-state index >= 15 is 0 Å². The van der Waals surface area contributed by atoms with Gasteiger partial charge >= 0.3 is 0 Å². The molecular formula is C25H16Cl3FN2O4S. The fraction of sp³-hybridized carbons (Fsp3) is 0.0800. The normalized spacial score (nSPS) is 14.4. The van der Waals surface area contributed by atoms with Crippen LogP contribution in [0.15, 0.2) is 65.6 Å². The monoisotopic (exact) mass is 564 g/mol. The van der Waals surface area contributed by atoms with E-state index in [1.54, 1.807) is 36.4 Å². The second-order valence-corrected chi connectivity index (χ2v) is 9.82. The van der Waals surface area contributed by atoms with Crippen molar-refractivity contribution < 1.29 is 23.5 Å². The van der Waals surface area contributed by atoms with Crippen LogP contribution in [-0.4, -0.2) is 28.5 Å². The Morgan fingerprint density at radius 1 is 1.03 bits per heavy atom. The largest absolute Gasteiger partial charge is 0.488 e. The number of ether oxygens (including phenoxy) is 1. The first-order valence-corrected chi connectivity index (χ1v) is 12.3. The number of hydrogen-bond donors (Lipinski definition) is 1. The van der Waals surface area contributed by atoms with Crippen molar-refractivity contribution in [2.75, 3.05) is 11.9 Å². The van der Waals surface area contributed by atoms with Gasteiger partial charge in [0.2, 0.25) is 5.91 Å². The first-order valence-electron chi connectivity index (χ1n) is 10.4. The third kappa shape index (κ3) is 6.39. The molecule has 0 saturated carbocycles. The maximum absolute atomic E-state index is 13.3. The Labute approximate surface area is 225 Å². The van der Waals surface area contributed by atoms with Gasteiger partial charge in [0.25, 0.3) is 11.1 Å². The van der Waals surface area contributed by atoms with Crippen molar-refractivity contribution in [1.29, 1.82) is 0 Å². The lowest BCUT2D eigenvalue weighted by atomic mass is 10.1. The summed E-state index contributed by atoms with van der Waals surface area (Å²) in [5.74, 6) is -1.48. The molecule has 0 radical (unpaired) electrons. The zero-order valence-electron chi connectivity index (χ0n) is 18.3. The summed E-state index contributed by atoms with van der Waals surface area (Å²) in [6, 6.07) is 15.7. The van der Waals surface area contributed by atoms with E-state index in [1.165, 1.54) is 18.2 Å². The number of rotatable bonds is 7. The van der Waals surface area contributed by atoms with Crippen LogP contribution < -0.4 is 10.1 Å². The van der Waals surface area contributed by atoms with E-state index in [4.69, 9.17) is 39.5 Å². The molecule has 6 nitrogen and oxygen atoms in total. The second-order valence-electron chi connectivity index (χ2n) is 7.55. The number of amides is 3. The smallest absolute Gasteiger partial charge is 0.294 e. The Bertz CT molecular complexity index is 1400. The van der Waals surface area contributed by atoms with E-state index in [9.17, 15) is 18.8 Å². The summed E-state index contributed by atoms with van der Waals surface area (Å²) in [5.41, 5.74) is 1.56. The molecule has 0 bridgehead atoms. The van der Waals surface area contributed by atoms with E-state index in [2.05, 4.69) is 5.32 Å². The number of thioether (sulfide) groups is 1. The summed E-state index contributed by atoms with van der Waals surface area (Å²) < 4.78 is 19.2. The number of imide groups is 1. The van der Waals surface area contributed by atoms with Crippen molar-refractivity contribution in [1.82, 2.24) is 4.90 Å². The molecule has 1 heterocycles. The highest BCUT2D eigenvalue weighted by Crippen LogP contribution is 2.35. The molecule has 184 valence electrons. The summed E-state index contributed by atoms with van der Waals surface area (Å²) in [7, 11) is 0. The van der Waals surface area contributed by atoms with Gasteiger partial charge in [-0.15, -0.1) is 0 Å². The van der Waals surface area contributed by atoms with E-state index in [1.807, 2.05) is 6.07 Å². The zero-order valence-corrected chi connectivity index (χ0v) is 21.3. The number of nitrogens with one attached hydrogen (secondary N) is 1. The van der Waals surface area contributed by atoms with Crippen molar-refractivity contribution in [3.63, 3.8) is 0 Å². The molecule has 3 amide bonds. The highest BCUT2D eigenvalue weighted by Gasteiger charge is 2.36. The van der Waals surface area contributed by atoms with Crippen LogP contribution in [0.1, 0.15) is 11.1 Å². The highest BCUT2D eigenvalue weighted by molar-refractivity contribution is 8.18. The topological polar surface area (TPSA) is 75.7 Å². The average molecular weight is 566 g/mol. The maximum Gasteiger partial charge on any atom is 0.294 e. The maximum atomic E-state index is 13.3. The van der Waals surface area contributed by atoms with Crippen LogP contribution in [-0.2, 0) is 16.2 Å². The van der Waals surface area contributed by atoms with Gasteiger partial charge in [-0.1, -0.05) is 46.9 Å². The van der Waals surface area contributed by atoms with Crippen molar-refractivity contribution >= 4 is 75.4 Å². The first-order chi connectivity index (χ1) is 17.2. The van der Waals surface area contributed by atoms with Crippen LogP contribution >= 0.6 is 46.6 Å². The molecule has 0 spiro atoms. The van der Waals surface area contributed by atoms with Crippen LogP contribution in [0, 0.1) is 5.82 Å². The van der Waals surface area contributed by atoms with Crippen LogP contribution in [0.25, 0.3) is 6.08 Å². The third-order valence-corrected chi connectivity index (χ3v) is 6.59. The molecule has 3 aromatic carbocycles. The van der Waals surface area contributed by atoms with Crippen LogP contribution in [0.2, 0.25) is 15.1 Å². The van der Waals surface area contributed by atoms with Crippen LogP contribution in [0.4, 0.5) is 14.9 Å². The van der Waals surface area contributed by atoms with Crippen LogP contribution in [0.5, 0.6) is 5.75 Å². The molecule has 1 N–H and O–H groups in total. The summed E-state index contributed by atoms with van der Waals surface area (Å²) in [5, 5.41) is 2.69. The van der Waals surface area contributed by atoms with Gasteiger partial charge in [0.05, 0.1) is 9.93 Å². The predicted octanol–water partition coefficient (Wildman–Crippen LogP) is 7.04. The number of anilines is 1. The summed E-state index contributed by atoms with van der Waals surface area (Å²) in [4.78, 5) is 38.7. The van der Waals surface area contributed by atoms with E-state index < -0.39 is 29.4 Å². The van der Waals surface area contributed by atoms with Gasteiger partial charge in [0.1, 0.15) is 24.7 Å². The molecule has 4 rings (SSSR count). The summed E-state index contributed by atoms with van der Waals surface area (Å²) in [6.45, 7) is -0.303. The first kappa shape index (κ1) is 26.0. The van der Waals surface area contributed by atoms with Crippen molar-refractivity contribution in [2.24, 2.45) is 0 Å². The number of benzene rings is 3. The van der Waals surface area contributed by atoms with Gasteiger partial charge in [-0.2, -0.15) is 0 Å². The fourth-order valence-corrected chi connectivity index (χ4v) is 4.65. The third-order valence-electron chi connectivity index (χ3n) is 4.92. The standard InChI is InChI=1S/C25H16Cl3FN2O4S/c26-16-3-1-2-14(8-16)13-35-21-7-4-17(27)9-15(21)10-22-24(33)31(25(34)36-22)12-23(32)30-18-5-6-20(29)19(28)11-18/h1-11H,12-13H2,(H,30,32)/b22-10+. The number of halogens is 4. The van der Waals surface area contributed by atoms with Gasteiger partial charge in [0, 0.05) is 21.3 Å². The lowest BCUT2D eigenvalue weighted by molar-refractivity contribution is -0.127. The van der Waals surface area contributed by atoms with Crippen molar-refractivity contribution in [2.45, 2.75) is 6.61 Å². The Kier molecular flexibility index (Phi) is 8.21. The fourth-order valence-electron chi connectivity index (χ4n) is 3.25. The van der Waals surface area contributed by atoms with Gasteiger partial charge in [-0.3, -0.25) is 19.3 Å². The second kappa shape index (κ2) is 11.3. The molecule has 1 saturated heterocycles. The molecule has 3 aromatic rings. The lowest BCUT2D eigenvalue weighted by Crippen LogP contribution is -2.36. The Hall–Kier alpha value is -3.04. The van der Waals surface area contributed by atoms with E-state index in [-0.39, 0.29) is 22.2 Å². The molecule has 36 heavy (non-hydrogen) atoms. The minimum Gasteiger partial charge on any atom is -0.488 e. The molecule has 0 aromatic heterocycles. The molecule has 11 heteroatoms. The number of nitrogens with zero attached hydrogens (tertiary/aromatic N) is 1. The van der Waals surface area contributed by atoms with Gasteiger partial charge in [0.15, 0.2) is 0 Å².